The van der Waals surface area contributed by atoms with Gasteiger partial charge in [0.15, 0.2) is 0 Å². The van der Waals surface area contributed by atoms with E-state index in [2.05, 4.69) is 5.32 Å². The number of amides is 2. The van der Waals surface area contributed by atoms with E-state index in [0.29, 0.717) is 6.54 Å². The van der Waals surface area contributed by atoms with Crippen molar-refractivity contribution in [1.29, 1.82) is 0 Å². The number of carbonyl (C=O) groups is 2. The molecule has 2 aromatic carbocycles. The maximum absolute atomic E-state index is 13.2. The van der Waals surface area contributed by atoms with Crippen LogP contribution in [0.5, 0.6) is 5.75 Å². The molecule has 2 rings (SSSR count). The molecule has 1 N–H and O–H groups in total. The maximum Gasteiger partial charge on any atom is 0.242 e. The fourth-order valence-electron chi connectivity index (χ4n) is 3.07. The van der Waals surface area contributed by atoms with Gasteiger partial charge in [0.25, 0.3) is 0 Å². The molecule has 0 radical (unpaired) electrons. The molecule has 0 aromatic heterocycles. The summed E-state index contributed by atoms with van der Waals surface area (Å²) in [6.07, 6.45) is 1.10. The Hall–Kier alpha value is -2.82. The predicted molar refractivity (Wildman–Crippen MR) is 116 cm³/mol. The molecule has 156 valence electrons. The minimum Gasteiger partial charge on any atom is -0.497 e. The van der Waals surface area contributed by atoms with E-state index in [4.69, 9.17) is 4.74 Å². The Morgan fingerprint density at radius 1 is 1.07 bits per heavy atom. The molecular formula is C24H32N2O3. The Morgan fingerprint density at radius 3 is 2.34 bits per heavy atom. The maximum atomic E-state index is 13.2. The van der Waals surface area contributed by atoms with Crippen molar-refractivity contribution in [3.05, 3.63) is 65.2 Å². The van der Waals surface area contributed by atoms with E-state index in [1.54, 1.807) is 18.9 Å². The molecule has 0 aliphatic carbocycles. The molecule has 29 heavy (non-hydrogen) atoms. The van der Waals surface area contributed by atoms with E-state index in [1.165, 1.54) is 0 Å². The summed E-state index contributed by atoms with van der Waals surface area (Å²) < 4.78 is 5.21. The third-order valence-electron chi connectivity index (χ3n) is 5.12. The number of aryl methyl sites for hydroxylation is 1. The highest BCUT2D eigenvalue weighted by molar-refractivity contribution is 5.88. The van der Waals surface area contributed by atoms with Gasteiger partial charge in [0, 0.05) is 12.6 Å². The van der Waals surface area contributed by atoms with Crippen molar-refractivity contribution in [1.82, 2.24) is 10.2 Å². The van der Waals surface area contributed by atoms with Gasteiger partial charge in [0.05, 0.1) is 13.5 Å². The molecule has 0 bridgehead atoms. The summed E-state index contributed by atoms with van der Waals surface area (Å²) in [6, 6.07) is 15.0. The van der Waals surface area contributed by atoms with E-state index in [0.717, 1.165) is 28.9 Å². The number of carbonyl (C=O) groups excluding carboxylic acids is 2. The first-order valence-electron chi connectivity index (χ1n) is 10.1. The first kappa shape index (κ1) is 22.5. The van der Waals surface area contributed by atoms with Crippen LogP contribution in [0.3, 0.4) is 0 Å². The molecule has 0 heterocycles. The molecule has 0 fully saturated rings. The molecule has 5 nitrogen and oxygen atoms in total. The summed E-state index contributed by atoms with van der Waals surface area (Å²) in [6.45, 7) is 8.14. The molecular weight excluding hydrogens is 364 g/mol. The lowest BCUT2D eigenvalue weighted by atomic mass is 10.1. The van der Waals surface area contributed by atoms with Crippen molar-refractivity contribution in [3.8, 4) is 5.75 Å². The number of hydrogen-bond acceptors (Lipinski definition) is 3. The van der Waals surface area contributed by atoms with Crippen LogP contribution in [-0.2, 0) is 22.6 Å². The van der Waals surface area contributed by atoms with E-state index < -0.39 is 6.04 Å². The van der Waals surface area contributed by atoms with Gasteiger partial charge in [-0.15, -0.1) is 0 Å². The second-order valence-electron chi connectivity index (χ2n) is 7.53. The van der Waals surface area contributed by atoms with Gasteiger partial charge in [-0.05, 0) is 50.5 Å². The highest BCUT2D eigenvalue weighted by Crippen LogP contribution is 2.16. The molecule has 0 saturated carbocycles. The molecule has 2 atom stereocenters. The predicted octanol–water partition coefficient (Wildman–Crippen LogP) is 3.88. The normalized spacial score (nSPS) is 12.7. The fraction of sp³-hybridized carbons (Fsp3) is 0.417. The van der Waals surface area contributed by atoms with Gasteiger partial charge in [0.2, 0.25) is 11.8 Å². The summed E-state index contributed by atoms with van der Waals surface area (Å²) in [4.78, 5) is 27.6. The summed E-state index contributed by atoms with van der Waals surface area (Å²) in [7, 11) is 1.62. The van der Waals surface area contributed by atoms with Gasteiger partial charge < -0.3 is 15.0 Å². The topological polar surface area (TPSA) is 58.6 Å². The summed E-state index contributed by atoms with van der Waals surface area (Å²) in [5.74, 6) is 0.553. The zero-order valence-electron chi connectivity index (χ0n) is 18.1. The number of rotatable bonds is 9. The third-order valence-corrected chi connectivity index (χ3v) is 5.12. The largest absolute Gasteiger partial charge is 0.497 e. The van der Waals surface area contributed by atoms with Crippen LogP contribution in [0.4, 0.5) is 0 Å². The number of hydrogen-bond donors (Lipinski definition) is 1. The summed E-state index contributed by atoms with van der Waals surface area (Å²) in [5, 5.41) is 2.99. The molecule has 2 amide bonds. The monoisotopic (exact) mass is 396 g/mol. The number of nitrogens with zero attached hydrogens (tertiary/aromatic N) is 1. The molecule has 2 aromatic rings. The van der Waals surface area contributed by atoms with Crippen LogP contribution in [-0.4, -0.2) is 35.9 Å². The second-order valence-corrected chi connectivity index (χ2v) is 7.53. The average molecular weight is 397 g/mol. The minimum atomic E-state index is -0.566. The number of benzene rings is 2. The number of ether oxygens (including phenoxy) is 1. The SMILES string of the molecule is CCC(C)NC(=O)C(C)N(Cc1ccc(OC)cc1)C(=O)Cc1cccc(C)c1. The minimum absolute atomic E-state index is 0.0691. The van der Waals surface area contributed by atoms with Crippen LogP contribution in [0.25, 0.3) is 0 Å². The molecule has 0 aliphatic rings. The van der Waals surface area contributed by atoms with Gasteiger partial charge in [-0.2, -0.15) is 0 Å². The van der Waals surface area contributed by atoms with Gasteiger partial charge in [-0.3, -0.25) is 9.59 Å². The molecule has 0 aliphatic heterocycles. The van der Waals surface area contributed by atoms with Gasteiger partial charge in [-0.1, -0.05) is 48.9 Å². The Labute approximate surface area is 174 Å². The van der Waals surface area contributed by atoms with Crippen LogP contribution in [0.1, 0.15) is 43.9 Å². The molecule has 0 spiro atoms. The van der Waals surface area contributed by atoms with Gasteiger partial charge in [0.1, 0.15) is 11.8 Å². The van der Waals surface area contributed by atoms with Crippen LogP contribution >= 0.6 is 0 Å². The number of methoxy groups -OCH3 is 1. The quantitative estimate of drug-likeness (QED) is 0.700. The standard InChI is InChI=1S/C24H32N2O3/c1-6-18(3)25-24(28)19(4)26(16-20-10-12-22(29-5)13-11-20)23(27)15-21-9-7-8-17(2)14-21/h7-14,18-19H,6,15-16H2,1-5H3,(H,25,28). The van der Waals surface area contributed by atoms with Crippen molar-refractivity contribution in [3.63, 3.8) is 0 Å². The lowest BCUT2D eigenvalue weighted by molar-refractivity contribution is -0.140. The molecule has 0 saturated heterocycles. The Balaban J connectivity index is 2.22. The average Bonchev–Trinajstić information content (AvgIpc) is 2.71. The van der Waals surface area contributed by atoms with E-state index in [1.807, 2.05) is 69.3 Å². The third kappa shape index (κ3) is 6.63. The summed E-state index contributed by atoms with van der Waals surface area (Å²) >= 11 is 0. The van der Waals surface area contributed by atoms with Crippen LogP contribution in [0.15, 0.2) is 48.5 Å². The lowest BCUT2D eigenvalue weighted by Crippen LogP contribution is -2.49. The van der Waals surface area contributed by atoms with E-state index in [-0.39, 0.29) is 24.3 Å². The van der Waals surface area contributed by atoms with Crippen molar-refractivity contribution in [2.45, 2.75) is 59.2 Å². The highest BCUT2D eigenvalue weighted by atomic mass is 16.5. The van der Waals surface area contributed by atoms with Crippen LogP contribution < -0.4 is 10.1 Å². The second kappa shape index (κ2) is 10.6. The molecule has 2 unspecified atom stereocenters. The van der Waals surface area contributed by atoms with Gasteiger partial charge in [-0.25, -0.2) is 0 Å². The first-order valence-corrected chi connectivity index (χ1v) is 10.1. The lowest BCUT2D eigenvalue weighted by Gasteiger charge is -2.30. The smallest absolute Gasteiger partial charge is 0.242 e. The van der Waals surface area contributed by atoms with Crippen LogP contribution in [0.2, 0.25) is 0 Å². The van der Waals surface area contributed by atoms with Crippen molar-refractivity contribution in [2.75, 3.05) is 7.11 Å². The van der Waals surface area contributed by atoms with E-state index >= 15 is 0 Å². The summed E-state index contributed by atoms with van der Waals surface area (Å²) in [5.41, 5.74) is 3.01. The van der Waals surface area contributed by atoms with Gasteiger partial charge >= 0.3 is 0 Å². The first-order chi connectivity index (χ1) is 13.8. The highest BCUT2D eigenvalue weighted by Gasteiger charge is 2.26. The van der Waals surface area contributed by atoms with Crippen molar-refractivity contribution in [2.24, 2.45) is 0 Å². The number of nitrogens with one attached hydrogen (secondary N) is 1. The van der Waals surface area contributed by atoms with Crippen molar-refractivity contribution >= 4 is 11.8 Å². The van der Waals surface area contributed by atoms with E-state index in [9.17, 15) is 9.59 Å². The zero-order chi connectivity index (χ0) is 21.4. The van der Waals surface area contributed by atoms with Crippen LogP contribution in [0, 0.1) is 6.92 Å². The van der Waals surface area contributed by atoms with Crippen molar-refractivity contribution < 1.29 is 14.3 Å². The Morgan fingerprint density at radius 2 is 1.76 bits per heavy atom. The zero-order valence-corrected chi connectivity index (χ0v) is 18.1. The Kier molecular flexibility index (Phi) is 8.25. The molecule has 5 heteroatoms. The fourth-order valence-corrected chi connectivity index (χ4v) is 3.07. The Bertz CT molecular complexity index is 817.